The summed E-state index contributed by atoms with van der Waals surface area (Å²) in [7, 11) is 0. The van der Waals surface area contributed by atoms with Crippen LogP contribution in [0, 0.1) is 11.3 Å². The highest BCUT2D eigenvalue weighted by Gasteiger charge is 2.21. The highest BCUT2D eigenvalue weighted by molar-refractivity contribution is 7.97. The molecule has 1 aromatic carbocycles. The lowest BCUT2D eigenvalue weighted by molar-refractivity contribution is 0.187. The van der Waals surface area contributed by atoms with Crippen LogP contribution < -0.4 is 9.62 Å². The van der Waals surface area contributed by atoms with Crippen LogP contribution in [0.5, 0.6) is 0 Å². The van der Waals surface area contributed by atoms with Gasteiger partial charge in [0.2, 0.25) is 0 Å². The molecule has 2 aliphatic heterocycles. The minimum atomic E-state index is 0.306. The Hall–Kier alpha value is -1.43. The number of nitrogens with one attached hydrogen (secondary N) is 1. The van der Waals surface area contributed by atoms with Gasteiger partial charge < -0.3 is 9.80 Å². The van der Waals surface area contributed by atoms with Crippen molar-refractivity contribution in [3.8, 4) is 0 Å². The van der Waals surface area contributed by atoms with Gasteiger partial charge in [0.25, 0.3) is 0 Å². The summed E-state index contributed by atoms with van der Waals surface area (Å²) in [5.41, 5.74) is 2.91. The molecule has 2 heterocycles. The van der Waals surface area contributed by atoms with Crippen molar-refractivity contribution in [2.75, 3.05) is 57.3 Å². The van der Waals surface area contributed by atoms with E-state index in [4.69, 9.17) is 0 Å². The summed E-state index contributed by atoms with van der Waals surface area (Å²) < 4.78 is 3.39. The Labute approximate surface area is 215 Å². The van der Waals surface area contributed by atoms with Crippen LogP contribution in [0.3, 0.4) is 0 Å². The van der Waals surface area contributed by atoms with Gasteiger partial charge in [0.1, 0.15) is 0 Å². The van der Waals surface area contributed by atoms with Crippen molar-refractivity contribution in [3.05, 3.63) is 49.2 Å². The van der Waals surface area contributed by atoms with E-state index in [1.807, 2.05) is 6.08 Å². The normalized spacial score (nSPS) is 17.8. The van der Waals surface area contributed by atoms with E-state index in [0.29, 0.717) is 5.41 Å². The fourth-order valence-corrected chi connectivity index (χ4v) is 4.90. The summed E-state index contributed by atoms with van der Waals surface area (Å²) in [5.74, 6) is 0.903. The van der Waals surface area contributed by atoms with Gasteiger partial charge in [-0.25, -0.2) is 0 Å². The minimum absolute atomic E-state index is 0.306. The first-order valence-corrected chi connectivity index (χ1v) is 14.0. The monoisotopic (exact) mass is 486 g/mol. The van der Waals surface area contributed by atoms with Gasteiger partial charge in [-0.2, -0.15) is 0 Å². The first-order valence-electron chi connectivity index (χ1n) is 13.2. The molecule has 0 radical (unpaired) electrons. The fraction of sp³-hybridized carbons (Fsp3) is 0.655. The molecule has 0 atom stereocenters. The molecule has 0 amide bonds. The molecular formula is C29H50N4S. The van der Waals surface area contributed by atoms with Gasteiger partial charge in [-0.3, -0.25) is 9.62 Å². The molecule has 0 spiro atoms. The molecule has 0 bridgehead atoms. The van der Waals surface area contributed by atoms with Gasteiger partial charge in [0.15, 0.2) is 0 Å². The van der Waals surface area contributed by atoms with E-state index in [1.165, 1.54) is 74.7 Å². The SMILES string of the molecule is C=C(C)N1CCC(CCN2CCN(c3ccc(SNCCC)cc3)CC2)CC1.C=CC(C)(C)C. The molecule has 0 unspecified atom stereocenters. The van der Waals surface area contributed by atoms with Gasteiger partial charge >= 0.3 is 0 Å². The van der Waals surface area contributed by atoms with Crippen molar-refractivity contribution in [1.29, 1.82) is 0 Å². The van der Waals surface area contributed by atoms with Crippen LogP contribution in [0.2, 0.25) is 0 Å². The van der Waals surface area contributed by atoms with Gasteiger partial charge in [0.05, 0.1) is 0 Å². The molecule has 4 nitrogen and oxygen atoms in total. The highest BCUT2D eigenvalue weighted by atomic mass is 32.2. The molecule has 0 aliphatic carbocycles. The molecular weight excluding hydrogens is 436 g/mol. The average Bonchev–Trinajstić information content (AvgIpc) is 2.84. The second-order valence-electron chi connectivity index (χ2n) is 10.8. The smallest absolute Gasteiger partial charge is 0.0367 e. The van der Waals surface area contributed by atoms with Crippen LogP contribution in [0.4, 0.5) is 5.69 Å². The summed E-state index contributed by atoms with van der Waals surface area (Å²) in [6.07, 6.45) is 7.14. The fourth-order valence-electron chi connectivity index (χ4n) is 4.16. The van der Waals surface area contributed by atoms with Crippen molar-refractivity contribution in [2.24, 2.45) is 11.3 Å². The topological polar surface area (TPSA) is 21.8 Å². The summed E-state index contributed by atoms with van der Waals surface area (Å²) in [5, 5.41) is 0. The second-order valence-corrected chi connectivity index (χ2v) is 11.8. The van der Waals surface area contributed by atoms with Crippen molar-refractivity contribution in [1.82, 2.24) is 14.5 Å². The first-order chi connectivity index (χ1) is 16.2. The zero-order valence-electron chi connectivity index (χ0n) is 22.6. The molecule has 2 saturated heterocycles. The third kappa shape index (κ3) is 10.9. The Kier molecular flexibility index (Phi) is 12.6. The zero-order chi connectivity index (χ0) is 25.0. The van der Waals surface area contributed by atoms with Crippen LogP contribution in [0.15, 0.2) is 54.1 Å². The highest BCUT2D eigenvalue weighted by Crippen LogP contribution is 2.24. The minimum Gasteiger partial charge on any atom is -0.376 e. The number of rotatable bonds is 9. The molecule has 34 heavy (non-hydrogen) atoms. The van der Waals surface area contributed by atoms with Crippen molar-refractivity contribution in [2.45, 2.75) is 65.2 Å². The Morgan fingerprint density at radius 3 is 2.15 bits per heavy atom. The molecule has 1 N–H and O–H groups in total. The maximum atomic E-state index is 4.09. The van der Waals surface area contributed by atoms with Gasteiger partial charge in [-0.05, 0) is 86.7 Å². The number of hydrogen-bond donors (Lipinski definition) is 1. The summed E-state index contributed by atoms with van der Waals surface area (Å²) in [6.45, 7) is 27.8. The standard InChI is InChI=1S/C23H38N4S.C6H12/c1-4-12-24-28-23-7-5-22(6-8-23)27-18-16-25(17-19-27)13-9-21-10-14-26(15-11-21)20(2)3;1-5-6(2,3)4/h5-8,21,24H,2,4,9-19H2,1,3H3;5H,1H2,2-4H3. The van der Waals surface area contributed by atoms with Gasteiger partial charge in [0, 0.05) is 62.1 Å². The van der Waals surface area contributed by atoms with Gasteiger partial charge in [-0.15, -0.1) is 6.58 Å². The molecule has 0 saturated carbocycles. The first kappa shape index (κ1) is 28.8. The number of allylic oxidation sites excluding steroid dienone is 2. The van der Waals surface area contributed by atoms with E-state index in [1.54, 1.807) is 11.9 Å². The Morgan fingerprint density at radius 2 is 1.65 bits per heavy atom. The predicted octanol–water partition coefficient (Wildman–Crippen LogP) is 6.67. The third-order valence-electron chi connectivity index (χ3n) is 6.74. The third-order valence-corrected chi connectivity index (χ3v) is 7.59. The Morgan fingerprint density at radius 1 is 1.06 bits per heavy atom. The van der Waals surface area contributed by atoms with Crippen LogP contribution in [-0.4, -0.2) is 62.2 Å². The average molecular weight is 487 g/mol. The van der Waals surface area contributed by atoms with E-state index in [0.717, 1.165) is 25.6 Å². The second kappa shape index (κ2) is 14.9. The van der Waals surface area contributed by atoms with Crippen LogP contribution in [-0.2, 0) is 0 Å². The zero-order valence-corrected chi connectivity index (χ0v) is 23.4. The predicted molar refractivity (Wildman–Crippen MR) is 153 cm³/mol. The van der Waals surface area contributed by atoms with E-state index < -0.39 is 0 Å². The summed E-state index contributed by atoms with van der Waals surface area (Å²) in [4.78, 5) is 8.95. The number of piperidine rings is 1. The summed E-state index contributed by atoms with van der Waals surface area (Å²) in [6, 6.07) is 9.04. The van der Waals surface area contributed by atoms with Crippen molar-refractivity contribution in [3.63, 3.8) is 0 Å². The molecule has 192 valence electrons. The van der Waals surface area contributed by atoms with E-state index in [2.05, 4.69) is 91.5 Å². The van der Waals surface area contributed by atoms with Crippen LogP contribution in [0.1, 0.15) is 60.3 Å². The number of hydrogen-bond acceptors (Lipinski definition) is 5. The van der Waals surface area contributed by atoms with E-state index in [9.17, 15) is 0 Å². The largest absolute Gasteiger partial charge is 0.376 e. The number of nitrogens with zero attached hydrogens (tertiary/aromatic N) is 3. The Balaban J connectivity index is 0.000000604. The quantitative estimate of drug-likeness (QED) is 0.238. The number of likely N-dealkylation sites (tertiary alicyclic amines) is 1. The molecule has 1 aromatic rings. The summed E-state index contributed by atoms with van der Waals surface area (Å²) >= 11 is 1.74. The molecule has 2 aliphatic rings. The maximum Gasteiger partial charge on any atom is 0.0367 e. The number of anilines is 1. The Bertz CT molecular complexity index is 709. The lowest BCUT2D eigenvalue weighted by Gasteiger charge is -2.38. The van der Waals surface area contributed by atoms with Crippen molar-refractivity contribution >= 4 is 17.6 Å². The van der Waals surface area contributed by atoms with Gasteiger partial charge in [-0.1, -0.05) is 40.3 Å². The van der Waals surface area contributed by atoms with Crippen LogP contribution >= 0.6 is 11.9 Å². The molecule has 5 heteroatoms. The molecule has 0 aromatic heterocycles. The number of piperazine rings is 1. The molecule has 3 rings (SSSR count). The van der Waals surface area contributed by atoms with E-state index in [-0.39, 0.29) is 0 Å². The number of benzene rings is 1. The lowest BCUT2D eigenvalue weighted by atomic mass is 9.93. The van der Waals surface area contributed by atoms with Crippen LogP contribution in [0.25, 0.3) is 0 Å². The maximum absolute atomic E-state index is 4.09. The van der Waals surface area contributed by atoms with E-state index >= 15 is 0 Å². The lowest BCUT2D eigenvalue weighted by Crippen LogP contribution is -2.47. The van der Waals surface area contributed by atoms with Crippen molar-refractivity contribution < 1.29 is 0 Å². The molecule has 2 fully saturated rings.